The highest BCUT2D eigenvalue weighted by Gasteiger charge is 2.20. The smallest absolute Gasteiger partial charge is 0.00903 e. The molecule has 3 fully saturated rings. The second kappa shape index (κ2) is 14.0. The number of hydrogen-bond acceptors (Lipinski definition) is 4. The van der Waals surface area contributed by atoms with Crippen LogP contribution in [0.5, 0.6) is 0 Å². The van der Waals surface area contributed by atoms with Gasteiger partial charge in [-0.3, -0.25) is 0 Å². The molecule has 0 heterocycles. The molecule has 0 amide bonds. The van der Waals surface area contributed by atoms with Crippen molar-refractivity contribution in [2.75, 3.05) is 28.2 Å². The lowest BCUT2D eigenvalue weighted by Crippen LogP contribution is -2.36. The molecule has 4 nitrogen and oxygen atoms in total. The Bertz CT molecular complexity index is 325. The van der Waals surface area contributed by atoms with Crippen molar-refractivity contribution in [1.82, 2.24) is 9.80 Å². The molecule has 0 unspecified atom stereocenters. The topological polar surface area (TPSA) is 58.5 Å². The minimum Gasteiger partial charge on any atom is -0.328 e. The third kappa shape index (κ3) is 11.1. The van der Waals surface area contributed by atoms with Crippen LogP contribution >= 0.6 is 0 Å². The van der Waals surface area contributed by atoms with Gasteiger partial charge in [-0.1, -0.05) is 13.8 Å². The maximum atomic E-state index is 5.78. The van der Waals surface area contributed by atoms with Gasteiger partial charge >= 0.3 is 0 Å². The molecule has 3 saturated carbocycles. The Labute approximate surface area is 176 Å². The lowest BCUT2D eigenvalue weighted by Gasteiger charge is -2.30. The van der Waals surface area contributed by atoms with E-state index in [4.69, 9.17) is 11.5 Å². The number of nitrogens with zero attached hydrogens (tertiary/aromatic N) is 2. The van der Waals surface area contributed by atoms with Crippen molar-refractivity contribution in [3.8, 4) is 0 Å². The second-order valence-corrected chi connectivity index (χ2v) is 10.4. The summed E-state index contributed by atoms with van der Waals surface area (Å²) in [6, 6.07) is 2.67. The Morgan fingerprint density at radius 2 is 0.714 bits per heavy atom. The van der Waals surface area contributed by atoms with Crippen LogP contribution in [0.15, 0.2) is 0 Å². The first-order chi connectivity index (χ1) is 13.2. The summed E-state index contributed by atoms with van der Waals surface area (Å²) in [6.45, 7) is 4.68. The molecule has 0 aromatic heterocycles. The van der Waals surface area contributed by atoms with Gasteiger partial charge in [0.05, 0.1) is 0 Å². The summed E-state index contributed by atoms with van der Waals surface area (Å²) in [4.78, 5) is 4.68. The molecule has 3 aliphatic carbocycles. The zero-order chi connectivity index (χ0) is 21.1. The fourth-order valence-electron chi connectivity index (χ4n) is 4.66. The van der Waals surface area contributed by atoms with E-state index in [1.165, 1.54) is 77.0 Å². The van der Waals surface area contributed by atoms with Crippen LogP contribution in [0, 0.1) is 11.8 Å². The molecular formula is C24H52N4. The molecule has 168 valence electrons. The normalized spacial score (nSPS) is 36.2. The lowest BCUT2D eigenvalue weighted by molar-refractivity contribution is 0.200. The first-order valence-electron chi connectivity index (χ1n) is 12.0. The van der Waals surface area contributed by atoms with Crippen molar-refractivity contribution >= 4 is 0 Å². The van der Waals surface area contributed by atoms with Crippen molar-refractivity contribution in [1.29, 1.82) is 0 Å². The minimum atomic E-state index is 0.483. The van der Waals surface area contributed by atoms with E-state index in [2.05, 4.69) is 51.8 Å². The summed E-state index contributed by atoms with van der Waals surface area (Å²) in [5.41, 5.74) is 11.5. The monoisotopic (exact) mass is 396 g/mol. The van der Waals surface area contributed by atoms with E-state index in [0.717, 1.165) is 23.9 Å². The molecule has 0 saturated heterocycles. The molecule has 28 heavy (non-hydrogen) atoms. The Kier molecular flexibility index (Phi) is 12.9. The molecule has 3 aliphatic rings. The van der Waals surface area contributed by atoms with Crippen LogP contribution in [0.25, 0.3) is 0 Å². The molecule has 0 aromatic carbocycles. The van der Waals surface area contributed by atoms with Crippen molar-refractivity contribution in [3.63, 3.8) is 0 Å². The molecular weight excluding hydrogens is 344 g/mol. The Morgan fingerprint density at radius 1 is 0.464 bits per heavy atom. The lowest BCUT2D eigenvalue weighted by atomic mass is 9.87. The van der Waals surface area contributed by atoms with E-state index in [-0.39, 0.29) is 0 Å². The van der Waals surface area contributed by atoms with Gasteiger partial charge < -0.3 is 21.3 Å². The van der Waals surface area contributed by atoms with E-state index < -0.39 is 0 Å². The fourth-order valence-corrected chi connectivity index (χ4v) is 4.66. The average molecular weight is 397 g/mol. The van der Waals surface area contributed by atoms with Gasteiger partial charge in [0.15, 0.2) is 0 Å². The Balaban J connectivity index is 0.000000212. The van der Waals surface area contributed by atoms with Crippen LogP contribution in [-0.4, -0.2) is 62.2 Å². The van der Waals surface area contributed by atoms with E-state index in [0.29, 0.717) is 12.1 Å². The summed E-state index contributed by atoms with van der Waals surface area (Å²) < 4.78 is 0. The molecule has 0 aromatic rings. The van der Waals surface area contributed by atoms with Crippen LogP contribution in [-0.2, 0) is 0 Å². The molecule has 0 spiro atoms. The highest BCUT2D eigenvalue weighted by atomic mass is 15.1. The fraction of sp³-hybridized carbons (Fsp3) is 1.00. The predicted molar refractivity (Wildman–Crippen MR) is 125 cm³/mol. The van der Waals surface area contributed by atoms with Crippen LogP contribution in [0.2, 0.25) is 0 Å². The molecule has 0 aliphatic heterocycles. The molecule has 4 N–H and O–H groups in total. The highest BCUT2D eigenvalue weighted by molar-refractivity contribution is 4.78. The highest BCUT2D eigenvalue weighted by Crippen LogP contribution is 2.25. The van der Waals surface area contributed by atoms with Crippen molar-refractivity contribution < 1.29 is 0 Å². The molecule has 0 bridgehead atoms. The van der Waals surface area contributed by atoms with Gasteiger partial charge in [0.1, 0.15) is 0 Å². The zero-order valence-corrected chi connectivity index (χ0v) is 20.0. The minimum absolute atomic E-state index is 0.483. The first-order valence-corrected chi connectivity index (χ1v) is 12.0. The van der Waals surface area contributed by atoms with Gasteiger partial charge in [-0.15, -0.1) is 0 Å². The van der Waals surface area contributed by atoms with E-state index in [9.17, 15) is 0 Å². The van der Waals surface area contributed by atoms with Gasteiger partial charge in [-0.05, 0) is 117 Å². The molecule has 4 heteroatoms. The molecule has 3 rings (SSSR count). The van der Waals surface area contributed by atoms with Gasteiger partial charge in [0.2, 0.25) is 0 Å². The summed E-state index contributed by atoms with van der Waals surface area (Å²) in [5.74, 6) is 1.92. The summed E-state index contributed by atoms with van der Waals surface area (Å²) in [5, 5.41) is 0. The Hall–Kier alpha value is -0.160. The van der Waals surface area contributed by atoms with Crippen molar-refractivity contribution in [2.24, 2.45) is 23.3 Å². The zero-order valence-electron chi connectivity index (χ0n) is 20.0. The average Bonchev–Trinajstić information content (AvgIpc) is 2.66. The quantitative estimate of drug-likeness (QED) is 0.723. The summed E-state index contributed by atoms with van der Waals surface area (Å²) in [7, 11) is 8.70. The summed E-state index contributed by atoms with van der Waals surface area (Å²) in [6.07, 6.45) is 15.9. The number of nitrogens with two attached hydrogens (primary N) is 2. The molecule has 0 atom stereocenters. The number of hydrogen-bond donors (Lipinski definition) is 2. The summed E-state index contributed by atoms with van der Waals surface area (Å²) >= 11 is 0. The van der Waals surface area contributed by atoms with Crippen molar-refractivity contribution in [2.45, 2.75) is 115 Å². The third-order valence-electron chi connectivity index (χ3n) is 7.25. The first kappa shape index (κ1) is 25.9. The van der Waals surface area contributed by atoms with Crippen molar-refractivity contribution in [3.05, 3.63) is 0 Å². The predicted octanol–water partition coefficient (Wildman–Crippen LogP) is 4.47. The van der Waals surface area contributed by atoms with Gasteiger partial charge in [0.25, 0.3) is 0 Å². The number of rotatable bonds is 2. The standard InChI is InChI=1S/C9H19N.C8H18N2.C7H15N/c1-8-4-6-9(7-5-8)10(2)3;1-10(2)8-5-3-7(9)4-6-8;1-6-2-4-7(8)5-3-6/h8-9H,4-7H2,1-3H3;7-8H,3-6,9H2,1-2H3;6-7H,2-5,8H2,1H3. The van der Waals surface area contributed by atoms with Gasteiger partial charge in [-0.2, -0.15) is 0 Å². The van der Waals surface area contributed by atoms with Gasteiger partial charge in [0, 0.05) is 24.2 Å². The van der Waals surface area contributed by atoms with E-state index >= 15 is 0 Å². The van der Waals surface area contributed by atoms with Crippen LogP contribution in [0.4, 0.5) is 0 Å². The third-order valence-corrected chi connectivity index (χ3v) is 7.25. The molecule has 0 radical (unpaired) electrons. The van der Waals surface area contributed by atoms with Gasteiger partial charge in [-0.25, -0.2) is 0 Å². The SMILES string of the molecule is CC1CCC(N(C)C)CC1.CC1CCC(N)CC1.CN(C)C1CCC(N)CC1. The second-order valence-electron chi connectivity index (χ2n) is 10.4. The maximum Gasteiger partial charge on any atom is 0.00903 e. The van der Waals surface area contributed by atoms with Crippen LogP contribution < -0.4 is 11.5 Å². The maximum absolute atomic E-state index is 5.78. The van der Waals surface area contributed by atoms with Crippen LogP contribution in [0.3, 0.4) is 0 Å². The van der Waals surface area contributed by atoms with E-state index in [1.54, 1.807) is 0 Å². The van der Waals surface area contributed by atoms with Crippen LogP contribution in [0.1, 0.15) is 90.9 Å². The largest absolute Gasteiger partial charge is 0.328 e. The Morgan fingerprint density at radius 3 is 1.00 bits per heavy atom. The van der Waals surface area contributed by atoms with E-state index in [1.807, 2.05) is 0 Å².